The molecule has 0 aromatic carbocycles. The van der Waals surface area contributed by atoms with Crippen LogP contribution in [0.1, 0.15) is 5.82 Å². The maximum Gasteiger partial charge on any atom is 0.195 e. The number of hydrogen-bond acceptors (Lipinski definition) is 5. The maximum atomic E-state index is 5.78. The van der Waals surface area contributed by atoms with E-state index in [-0.39, 0.29) is 0 Å². The number of anilines is 1. The molecule has 6 heteroatoms. The van der Waals surface area contributed by atoms with Gasteiger partial charge in [0.05, 0.1) is 11.9 Å². The van der Waals surface area contributed by atoms with E-state index in [0.29, 0.717) is 5.69 Å². The Bertz CT molecular complexity index is 479. The van der Waals surface area contributed by atoms with Crippen LogP contribution in [0.5, 0.6) is 0 Å². The second-order valence-electron chi connectivity index (χ2n) is 3.10. The predicted molar refractivity (Wildman–Crippen MR) is 58.5 cm³/mol. The summed E-state index contributed by atoms with van der Waals surface area (Å²) >= 11 is 1.49. The second kappa shape index (κ2) is 3.90. The second-order valence-corrected chi connectivity index (χ2v) is 4.11. The van der Waals surface area contributed by atoms with Crippen LogP contribution in [0.3, 0.4) is 0 Å². The molecule has 0 fully saturated rings. The van der Waals surface area contributed by atoms with E-state index in [9.17, 15) is 0 Å². The Morgan fingerprint density at radius 1 is 1.40 bits per heavy atom. The number of rotatable bonds is 2. The van der Waals surface area contributed by atoms with Crippen LogP contribution in [0.4, 0.5) is 5.69 Å². The summed E-state index contributed by atoms with van der Waals surface area (Å²) in [6.07, 6.45) is 3.34. The van der Waals surface area contributed by atoms with E-state index in [1.165, 1.54) is 11.8 Å². The number of nitrogens with two attached hydrogens (primary N) is 1. The summed E-state index contributed by atoms with van der Waals surface area (Å²) in [6, 6.07) is 1.87. The first kappa shape index (κ1) is 9.97. The number of pyridine rings is 1. The maximum absolute atomic E-state index is 5.78. The number of aryl methyl sites for hydroxylation is 1. The summed E-state index contributed by atoms with van der Waals surface area (Å²) in [4.78, 5) is 4.88. The lowest BCUT2D eigenvalue weighted by atomic mass is 10.4. The standard InChI is InChI=1S/C9H11N5S/c1-6-12-13-9(14(6)2)15-8-3-4-11-5-7(8)10/h3-5H,10H2,1-2H3. The molecule has 0 spiro atoms. The zero-order valence-electron chi connectivity index (χ0n) is 8.51. The van der Waals surface area contributed by atoms with Crippen LogP contribution < -0.4 is 5.73 Å². The van der Waals surface area contributed by atoms with Crippen molar-refractivity contribution in [2.75, 3.05) is 5.73 Å². The van der Waals surface area contributed by atoms with Crippen LogP contribution >= 0.6 is 11.8 Å². The Morgan fingerprint density at radius 2 is 2.20 bits per heavy atom. The van der Waals surface area contributed by atoms with Crippen LogP contribution in [0.2, 0.25) is 0 Å². The Hall–Kier alpha value is -1.56. The lowest BCUT2D eigenvalue weighted by Crippen LogP contribution is -1.95. The molecular formula is C9H11N5S. The summed E-state index contributed by atoms with van der Waals surface area (Å²) in [6.45, 7) is 1.91. The molecule has 2 N–H and O–H groups in total. The van der Waals surface area contributed by atoms with Crippen LogP contribution in [0.25, 0.3) is 0 Å². The quantitative estimate of drug-likeness (QED) is 0.826. The minimum atomic E-state index is 0.656. The van der Waals surface area contributed by atoms with Crippen molar-refractivity contribution in [1.29, 1.82) is 0 Å². The molecule has 78 valence electrons. The molecule has 0 amide bonds. The number of hydrogen-bond donors (Lipinski definition) is 1. The smallest absolute Gasteiger partial charge is 0.195 e. The van der Waals surface area contributed by atoms with Crippen molar-refractivity contribution >= 4 is 17.4 Å². The largest absolute Gasteiger partial charge is 0.397 e. The molecule has 0 aliphatic rings. The molecule has 0 radical (unpaired) electrons. The Kier molecular flexibility index (Phi) is 2.59. The van der Waals surface area contributed by atoms with Gasteiger partial charge < -0.3 is 10.3 Å². The topological polar surface area (TPSA) is 69.6 Å². The zero-order chi connectivity index (χ0) is 10.8. The molecule has 0 saturated carbocycles. The van der Waals surface area contributed by atoms with Gasteiger partial charge in [-0.25, -0.2) is 0 Å². The highest BCUT2D eigenvalue weighted by molar-refractivity contribution is 7.99. The third kappa shape index (κ3) is 1.94. The Morgan fingerprint density at radius 3 is 2.80 bits per heavy atom. The molecule has 0 bridgehead atoms. The SMILES string of the molecule is Cc1nnc(Sc2ccncc2N)n1C. The van der Waals surface area contributed by atoms with Gasteiger partial charge in [-0.05, 0) is 24.8 Å². The fourth-order valence-corrected chi connectivity index (χ4v) is 1.91. The highest BCUT2D eigenvalue weighted by Crippen LogP contribution is 2.29. The van der Waals surface area contributed by atoms with Gasteiger partial charge in [-0.1, -0.05) is 0 Å². The van der Waals surface area contributed by atoms with Gasteiger partial charge in [-0.15, -0.1) is 10.2 Å². The van der Waals surface area contributed by atoms with Gasteiger partial charge in [0.2, 0.25) is 0 Å². The summed E-state index contributed by atoms with van der Waals surface area (Å²) in [7, 11) is 1.93. The number of nitrogens with zero attached hydrogens (tertiary/aromatic N) is 4. The molecule has 0 unspecified atom stereocenters. The van der Waals surface area contributed by atoms with E-state index in [1.54, 1.807) is 12.4 Å². The van der Waals surface area contributed by atoms with E-state index in [2.05, 4.69) is 15.2 Å². The average Bonchev–Trinajstić information content (AvgIpc) is 2.53. The molecule has 0 atom stereocenters. The van der Waals surface area contributed by atoms with Crippen molar-refractivity contribution in [3.8, 4) is 0 Å². The molecule has 2 aromatic heterocycles. The Labute approximate surface area is 91.7 Å². The van der Waals surface area contributed by atoms with Gasteiger partial charge in [0.1, 0.15) is 5.82 Å². The molecular weight excluding hydrogens is 210 g/mol. The van der Waals surface area contributed by atoms with Gasteiger partial charge in [-0.3, -0.25) is 4.98 Å². The predicted octanol–water partition coefficient (Wildman–Crippen LogP) is 1.25. The van der Waals surface area contributed by atoms with Gasteiger partial charge in [0.25, 0.3) is 0 Å². The average molecular weight is 221 g/mol. The number of nitrogen functional groups attached to an aromatic ring is 1. The lowest BCUT2D eigenvalue weighted by Gasteiger charge is -2.03. The van der Waals surface area contributed by atoms with Crippen molar-refractivity contribution in [1.82, 2.24) is 19.7 Å². The van der Waals surface area contributed by atoms with Crippen LogP contribution in [0.15, 0.2) is 28.5 Å². The van der Waals surface area contributed by atoms with E-state index < -0.39 is 0 Å². The normalized spacial score (nSPS) is 10.5. The van der Waals surface area contributed by atoms with Gasteiger partial charge in [0, 0.05) is 18.1 Å². The van der Waals surface area contributed by atoms with Crippen LogP contribution in [-0.4, -0.2) is 19.7 Å². The number of aromatic nitrogens is 4. The molecule has 2 heterocycles. The van der Waals surface area contributed by atoms with Gasteiger partial charge in [-0.2, -0.15) is 0 Å². The fraction of sp³-hybridized carbons (Fsp3) is 0.222. The minimum Gasteiger partial charge on any atom is -0.397 e. The third-order valence-electron chi connectivity index (χ3n) is 2.06. The molecule has 2 aromatic rings. The molecule has 0 aliphatic carbocycles. The van der Waals surface area contributed by atoms with Crippen molar-refractivity contribution in [2.45, 2.75) is 17.0 Å². The molecule has 0 saturated heterocycles. The van der Waals surface area contributed by atoms with Gasteiger partial charge in [0.15, 0.2) is 5.16 Å². The lowest BCUT2D eigenvalue weighted by molar-refractivity contribution is 0.765. The fourth-order valence-electron chi connectivity index (χ4n) is 1.06. The molecule has 15 heavy (non-hydrogen) atoms. The van der Waals surface area contributed by atoms with Crippen LogP contribution in [-0.2, 0) is 7.05 Å². The van der Waals surface area contributed by atoms with E-state index in [1.807, 2.05) is 24.6 Å². The van der Waals surface area contributed by atoms with E-state index in [4.69, 9.17) is 5.73 Å². The first-order chi connectivity index (χ1) is 7.18. The van der Waals surface area contributed by atoms with Crippen molar-refractivity contribution in [3.63, 3.8) is 0 Å². The first-order valence-corrected chi connectivity index (χ1v) is 5.23. The van der Waals surface area contributed by atoms with E-state index >= 15 is 0 Å². The summed E-state index contributed by atoms with van der Waals surface area (Å²) < 4.78 is 1.92. The van der Waals surface area contributed by atoms with Crippen molar-refractivity contribution < 1.29 is 0 Å². The first-order valence-electron chi connectivity index (χ1n) is 4.42. The zero-order valence-corrected chi connectivity index (χ0v) is 9.32. The highest BCUT2D eigenvalue weighted by Gasteiger charge is 2.08. The molecule has 5 nitrogen and oxygen atoms in total. The molecule has 2 rings (SSSR count). The van der Waals surface area contributed by atoms with E-state index in [0.717, 1.165) is 15.9 Å². The summed E-state index contributed by atoms with van der Waals surface area (Å²) in [5.74, 6) is 0.880. The summed E-state index contributed by atoms with van der Waals surface area (Å²) in [5, 5.41) is 8.85. The minimum absolute atomic E-state index is 0.656. The monoisotopic (exact) mass is 221 g/mol. The molecule has 0 aliphatic heterocycles. The van der Waals surface area contributed by atoms with Crippen molar-refractivity contribution in [3.05, 3.63) is 24.3 Å². The van der Waals surface area contributed by atoms with Crippen molar-refractivity contribution in [2.24, 2.45) is 7.05 Å². The third-order valence-corrected chi connectivity index (χ3v) is 3.19. The highest BCUT2D eigenvalue weighted by atomic mass is 32.2. The Balaban J connectivity index is 2.30. The summed E-state index contributed by atoms with van der Waals surface area (Å²) in [5.41, 5.74) is 6.44. The van der Waals surface area contributed by atoms with Crippen LogP contribution in [0, 0.1) is 6.92 Å². The van der Waals surface area contributed by atoms with Gasteiger partial charge >= 0.3 is 0 Å².